The molecule has 0 fully saturated rings. The van der Waals surface area contributed by atoms with E-state index in [4.69, 9.17) is 5.26 Å². The van der Waals surface area contributed by atoms with Crippen LogP contribution in [0.2, 0.25) is 0 Å². The molecule has 0 unspecified atom stereocenters. The topological polar surface area (TPSA) is 35.8 Å². The fourth-order valence-corrected chi connectivity index (χ4v) is 2.63. The Morgan fingerprint density at radius 1 is 1.11 bits per heavy atom. The van der Waals surface area contributed by atoms with E-state index < -0.39 is 0 Å². The average molecular weight is 252 g/mol. The molecule has 3 rings (SSSR count). The first-order valence-corrected chi connectivity index (χ1v) is 6.28. The highest BCUT2D eigenvalue weighted by Gasteiger charge is 2.20. The Balaban J connectivity index is 1.78. The maximum atomic E-state index is 13.4. The largest absolute Gasteiger partial charge is 0.382 e. The molecule has 0 heterocycles. The van der Waals surface area contributed by atoms with E-state index in [0.717, 1.165) is 12.8 Å². The molecule has 0 aromatic heterocycles. The first kappa shape index (κ1) is 11.7. The third-order valence-corrected chi connectivity index (χ3v) is 3.45. The van der Waals surface area contributed by atoms with Crippen LogP contribution in [-0.4, -0.2) is 6.04 Å². The summed E-state index contributed by atoms with van der Waals surface area (Å²) < 4.78 is 13.4. The molecule has 3 heteroatoms. The number of nitrogens with zero attached hydrogens (tertiary/aromatic N) is 1. The Morgan fingerprint density at radius 2 is 1.79 bits per heavy atom. The van der Waals surface area contributed by atoms with Gasteiger partial charge in [0.1, 0.15) is 5.82 Å². The molecule has 0 saturated carbocycles. The van der Waals surface area contributed by atoms with Crippen molar-refractivity contribution in [3.8, 4) is 6.07 Å². The quantitative estimate of drug-likeness (QED) is 0.890. The van der Waals surface area contributed by atoms with Crippen LogP contribution in [0.25, 0.3) is 0 Å². The van der Waals surface area contributed by atoms with E-state index in [-0.39, 0.29) is 11.9 Å². The summed E-state index contributed by atoms with van der Waals surface area (Å²) in [5, 5.41) is 12.2. The minimum absolute atomic E-state index is 0.269. The van der Waals surface area contributed by atoms with Gasteiger partial charge < -0.3 is 5.32 Å². The number of nitriles is 1. The standard InChI is InChI=1S/C16H13FN2/c17-14-5-11(10-18)6-15(9-14)19-16-7-12-3-1-2-4-13(12)8-16/h1-6,9,16,19H,7-8H2. The lowest BCUT2D eigenvalue weighted by Gasteiger charge is -2.13. The average Bonchev–Trinajstić information content (AvgIpc) is 2.80. The summed E-state index contributed by atoms with van der Waals surface area (Å²) in [6.07, 6.45) is 1.88. The van der Waals surface area contributed by atoms with E-state index in [1.54, 1.807) is 6.07 Å². The third-order valence-electron chi connectivity index (χ3n) is 3.45. The molecule has 0 bridgehead atoms. The lowest BCUT2D eigenvalue weighted by molar-refractivity contribution is 0.627. The van der Waals surface area contributed by atoms with E-state index >= 15 is 0 Å². The zero-order chi connectivity index (χ0) is 13.2. The van der Waals surface area contributed by atoms with Crippen molar-refractivity contribution in [2.24, 2.45) is 0 Å². The maximum absolute atomic E-state index is 13.4. The van der Waals surface area contributed by atoms with E-state index in [9.17, 15) is 4.39 Å². The van der Waals surface area contributed by atoms with Gasteiger partial charge in [-0.25, -0.2) is 4.39 Å². The van der Waals surface area contributed by atoms with E-state index in [2.05, 4.69) is 17.4 Å². The number of rotatable bonds is 2. The Kier molecular flexibility index (Phi) is 2.92. The van der Waals surface area contributed by atoms with Crippen LogP contribution >= 0.6 is 0 Å². The predicted molar refractivity (Wildman–Crippen MR) is 72.4 cm³/mol. The second-order valence-electron chi connectivity index (χ2n) is 4.86. The molecule has 94 valence electrons. The van der Waals surface area contributed by atoms with Crippen LogP contribution < -0.4 is 5.32 Å². The van der Waals surface area contributed by atoms with Crippen molar-refractivity contribution in [2.45, 2.75) is 18.9 Å². The van der Waals surface area contributed by atoms with Gasteiger partial charge >= 0.3 is 0 Å². The number of benzene rings is 2. The monoisotopic (exact) mass is 252 g/mol. The summed E-state index contributed by atoms with van der Waals surface area (Å²) in [6, 6.07) is 14.9. The molecule has 0 radical (unpaired) electrons. The minimum Gasteiger partial charge on any atom is -0.382 e. The van der Waals surface area contributed by atoms with Crippen LogP contribution in [0.15, 0.2) is 42.5 Å². The highest BCUT2D eigenvalue weighted by Crippen LogP contribution is 2.25. The fourth-order valence-electron chi connectivity index (χ4n) is 2.63. The Morgan fingerprint density at radius 3 is 2.42 bits per heavy atom. The van der Waals surface area contributed by atoms with Gasteiger partial charge in [-0.3, -0.25) is 0 Å². The molecule has 1 N–H and O–H groups in total. The van der Waals surface area contributed by atoms with Gasteiger partial charge in [-0.15, -0.1) is 0 Å². The van der Waals surface area contributed by atoms with Crippen LogP contribution in [0, 0.1) is 17.1 Å². The summed E-state index contributed by atoms with van der Waals surface area (Å²) in [4.78, 5) is 0. The van der Waals surface area contributed by atoms with Gasteiger partial charge in [0.25, 0.3) is 0 Å². The van der Waals surface area contributed by atoms with Crippen molar-refractivity contribution in [1.29, 1.82) is 5.26 Å². The number of nitrogens with one attached hydrogen (secondary N) is 1. The number of fused-ring (bicyclic) bond motifs is 1. The Hall–Kier alpha value is -2.34. The van der Waals surface area contributed by atoms with Gasteiger partial charge in [-0.05, 0) is 42.2 Å². The van der Waals surface area contributed by atoms with E-state index in [1.165, 1.54) is 23.3 Å². The highest BCUT2D eigenvalue weighted by molar-refractivity contribution is 5.51. The van der Waals surface area contributed by atoms with Gasteiger partial charge in [-0.2, -0.15) is 5.26 Å². The van der Waals surface area contributed by atoms with Crippen LogP contribution in [0.5, 0.6) is 0 Å². The van der Waals surface area contributed by atoms with Crippen LogP contribution in [0.1, 0.15) is 16.7 Å². The van der Waals surface area contributed by atoms with Crippen molar-refractivity contribution in [3.05, 3.63) is 65.0 Å². The van der Waals surface area contributed by atoms with Gasteiger partial charge in [-0.1, -0.05) is 24.3 Å². The second-order valence-corrected chi connectivity index (χ2v) is 4.86. The molecule has 19 heavy (non-hydrogen) atoms. The Labute approximate surface area is 111 Å². The summed E-state index contributed by atoms with van der Waals surface area (Å²) in [6.45, 7) is 0. The molecule has 0 amide bonds. The van der Waals surface area contributed by atoms with Gasteiger partial charge in [0, 0.05) is 11.7 Å². The van der Waals surface area contributed by atoms with Crippen molar-refractivity contribution < 1.29 is 4.39 Å². The van der Waals surface area contributed by atoms with Crippen molar-refractivity contribution >= 4 is 5.69 Å². The van der Waals surface area contributed by atoms with Crippen LogP contribution in [-0.2, 0) is 12.8 Å². The van der Waals surface area contributed by atoms with Crippen molar-refractivity contribution in [3.63, 3.8) is 0 Å². The SMILES string of the molecule is N#Cc1cc(F)cc(NC2Cc3ccccc3C2)c1. The molecule has 2 aromatic carbocycles. The molecular formula is C16H13FN2. The number of hydrogen-bond acceptors (Lipinski definition) is 2. The molecule has 0 spiro atoms. The summed E-state index contributed by atoms with van der Waals surface area (Å²) in [7, 11) is 0. The normalized spacial score (nSPS) is 13.9. The summed E-state index contributed by atoms with van der Waals surface area (Å²) in [5.41, 5.74) is 3.71. The highest BCUT2D eigenvalue weighted by atomic mass is 19.1. The second kappa shape index (κ2) is 4.74. The molecule has 2 aromatic rings. The lowest BCUT2D eigenvalue weighted by atomic mass is 10.1. The predicted octanol–water partition coefficient (Wildman–Crippen LogP) is 3.28. The number of halogens is 1. The molecule has 1 aliphatic rings. The molecule has 0 aliphatic heterocycles. The van der Waals surface area contributed by atoms with E-state index in [0.29, 0.717) is 11.3 Å². The smallest absolute Gasteiger partial charge is 0.126 e. The molecule has 1 aliphatic carbocycles. The fraction of sp³-hybridized carbons (Fsp3) is 0.188. The summed E-state index contributed by atoms with van der Waals surface area (Å²) >= 11 is 0. The van der Waals surface area contributed by atoms with Crippen molar-refractivity contribution in [2.75, 3.05) is 5.32 Å². The van der Waals surface area contributed by atoms with Gasteiger partial charge in [0.15, 0.2) is 0 Å². The first-order chi connectivity index (χ1) is 9.24. The summed E-state index contributed by atoms with van der Waals surface area (Å²) in [5.74, 6) is -0.378. The molecular weight excluding hydrogens is 239 g/mol. The number of hydrogen-bond donors (Lipinski definition) is 1. The zero-order valence-corrected chi connectivity index (χ0v) is 10.4. The maximum Gasteiger partial charge on any atom is 0.126 e. The number of anilines is 1. The molecule has 0 atom stereocenters. The zero-order valence-electron chi connectivity index (χ0n) is 10.4. The molecule has 2 nitrogen and oxygen atoms in total. The van der Waals surface area contributed by atoms with Crippen LogP contribution in [0.3, 0.4) is 0 Å². The van der Waals surface area contributed by atoms with Crippen molar-refractivity contribution in [1.82, 2.24) is 0 Å². The third kappa shape index (κ3) is 2.43. The Bertz CT molecular complexity index is 633. The van der Waals surface area contributed by atoms with Gasteiger partial charge in [0.2, 0.25) is 0 Å². The first-order valence-electron chi connectivity index (χ1n) is 6.28. The lowest BCUT2D eigenvalue weighted by Crippen LogP contribution is -2.19. The van der Waals surface area contributed by atoms with E-state index in [1.807, 2.05) is 18.2 Å². The molecule has 0 saturated heterocycles. The van der Waals surface area contributed by atoms with Gasteiger partial charge in [0.05, 0.1) is 11.6 Å². The minimum atomic E-state index is -0.378. The van der Waals surface area contributed by atoms with Crippen LogP contribution in [0.4, 0.5) is 10.1 Å².